The Morgan fingerprint density at radius 3 is 2.83 bits per heavy atom. The summed E-state index contributed by atoms with van der Waals surface area (Å²) in [4.78, 5) is 14.8. The molecule has 1 saturated heterocycles. The third-order valence-corrected chi connectivity index (χ3v) is 5.47. The van der Waals surface area contributed by atoms with E-state index in [1.165, 1.54) is 25.0 Å². The standard InChI is InChI=1S/C20H25FN4O4S/c1-11(10-28-4)25-19(30)23-17(13-7-5-6-8-14(13)21)16(20(25,3)27)18(26)22-15-9-12(2)29-24-15/h5-9,11,16-17,27H,10H2,1-4H3,(H,23,30)(H,22,24,26)/t11-,16+,17+,20-/m0/s1. The first-order valence-electron chi connectivity index (χ1n) is 9.46. The number of carbonyl (C=O) groups excluding carboxylic acids is 1. The first-order valence-corrected chi connectivity index (χ1v) is 9.87. The van der Waals surface area contributed by atoms with Gasteiger partial charge < -0.3 is 29.9 Å². The molecule has 1 aliphatic rings. The van der Waals surface area contributed by atoms with E-state index in [0.717, 1.165) is 0 Å². The molecule has 1 amide bonds. The molecule has 1 fully saturated rings. The molecule has 4 atom stereocenters. The zero-order valence-corrected chi connectivity index (χ0v) is 18.0. The maximum atomic E-state index is 14.6. The monoisotopic (exact) mass is 436 g/mol. The van der Waals surface area contributed by atoms with E-state index >= 15 is 0 Å². The Kier molecular flexibility index (Phi) is 6.39. The molecule has 8 nitrogen and oxygen atoms in total. The predicted molar refractivity (Wildman–Crippen MR) is 112 cm³/mol. The van der Waals surface area contributed by atoms with Gasteiger partial charge >= 0.3 is 0 Å². The first-order chi connectivity index (χ1) is 14.2. The van der Waals surface area contributed by atoms with E-state index < -0.39 is 29.4 Å². The lowest BCUT2D eigenvalue weighted by atomic mass is 9.81. The summed E-state index contributed by atoms with van der Waals surface area (Å²) >= 11 is 5.48. The largest absolute Gasteiger partial charge is 0.383 e. The highest BCUT2D eigenvalue weighted by atomic mass is 32.1. The van der Waals surface area contributed by atoms with Crippen molar-refractivity contribution in [1.82, 2.24) is 15.4 Å². The van der Waals surface area contributed by atoms with Crippen molar-refractivity contribution in [2.75, 3.05) is 19.0 Å². The summed E-state index contributed by atoms with van der Waals surface area (Å²) in [6, 6.07) is 6.36. The molecule has 0 radical (unpaired) electrons. The second kappa shape index (κ2) is 8.66. The molecule has 3 rings (SSSR count). The average molecular weight is 437 g/mol. The Morgan fingerprint density at radius 1 is 1.53 bits per heavy atom. The van der Waals surface area contributed by atoms with Crippen molar-refractivity contribution in [3.63, 3.8) is 0 Å². The highest BCUT2D eigenvalue weighted by molar-refractivity contribution is 7.80. The van der Waals surface area contributed by atoms with E-state index in [4.69, 9.17) is 21.5 Å². The number of aromatic nitrogens is 1. The van der Waals surface area contributed by atoms with Crippen LogP contribution in [0.5, 0.6) is 0 Å². The molecule has 1 aromatic heterocycles. The van der Waals surface area contributed by atoms with Crippen LogP contribution in [0.15, 0.2) is 34.9 Å². The summed E-state index contributed by atoms with van der Waals surface area (Å²) in [6.45, 7) is 5.25. The van der Waals surface area contributed by atoms with E-state index in [1.807, 2.05) is 6.92 Å². The van der Waals surface area contributed by atoms with Crippen LogP contribution in [0.4, 0.5) is 10.2 Å². The molecule has 0 saturated carbocycles. The Labute approximate surface area is 179 Å². The van der Waals surface area contributed by atoms with Crippen molar-refractivity contribution < 1.29 is 23.6 Å². The van der Waals surface area contributed by atoms with Gasteiger partial charge in [0, 0.05) is 18.7 Å². The average Bonchev–Trinajstić information content (AvgIpc) is 3.05. The summed E-state index contributed by atoms with van der Waals surface area (Å²) in [6.07, 6.45) is 0. The maximum absolute atomic E-state index is 14.6. The van der Waals surface area contributed by atoms with E-state index in [0.29, 0.717) is 5.76 Å². The third-order valence-electron chi connectivity index (χ3n) is 5.16. The summed E-state index contributed by atoms with van der Waals surface area (Å²) in [7, 11) is 1.53. The fraction of sp³-hybridized carbons (Fsp3) is 0.450. The lowest BCUT2D eigenvalue weighted by Gasteiger charge is -2.52. The fourth-order valence-corrected chi connectivity index (χ4v) is 4.42. The van der Waals surface area contributed by atoms with E-state index in [-0.39, 0.29) is 29.1 Å². The summed E-state index contributed by atoms with van der Waals surface area (Å²) < 4.78 is 24.8. The van der Waals surface area contributed by atoms with Crippen LogP contribution in [0.1, 0.15) is 31.2 Å². The molecule has 3 N–H and O–H groups in total. The number of aryl methyl sites for hydroxylation is 1. The van der Waals surface area contributed by atoms with Gasteiger partial charge in [-0.3, -0.25) is 4.79 Å². The topological polar surface area (TPSA) is 99.9 Å². The molecule has 2 heterocycles. The number of hydrogen-bond acceptors (Lipinski definition) is 6. The number of rotatable bonds is 6. The first kappa shape index (κ1) is 22.1. The summed E-state index contributed by atoms with van der Waals surface area (Å²) in [5.41, 5.74) is -1.54. The SMILES string of the molecule is COC[C@H](C)N1C(=S)N[C@H](c2ccccc2F)[C@H](C(=O)Nc2cc(C)on2)[C@]1(C)O. The van der Waals surface area contributed by atoms with Crippen molar-refractivity contribution in [1.29, 1.82) is 0 Å². The number of halogens is 1. The van der Waals surface area contributed by atoms with Gasteiger partial charge in [0.05, 0.1) is 18.7 Å². The smallest absolute Gasteiger partial charge is 0.236 e. The van der Waals surface area contributed by atoms with Gasteiger partial charge in [0.2, 0.25) is 5.91 Å². The quantitative estimate of drug-likeness (QED) is 0.594. The number of hydrogen-bond donors (Lipinski definition) is 3. The van der Waals surface area contributed by atoms with Gasteiger partial charge in [0.25, 0.3) is 0 Å². The van der Waals surface area contributed by atoms with Crippen LogP contribution in [-0.2, 0) is 9.53 Å². The van der Waals surface area contributed by atoms with Crippen LogP contribution in [0.2, 0.25) is 0 Å². The van der Waals surface area contributed by atoms with Crippen LogP contribution in [0, 0.1) is 18.7 Å². The van der Waals surface area contributed by atoms with Gasteiger partial charge in [0.1, 0.15) is 17.5 Å². The number of benzene rings is 1. The molecule has 0 bridgehead atoms. The van der Waals surface area contributed by atoms with E-state index in [9.17, 15) is 14.3 Å². The Balaban J connectivity index is 2.04. The Hall–Kier alpha value is -2.56. The van der Waals surface area contributed by atoms with Crippen molar-refractivity contribution >= 4 is 29.1 Å². The van der Waals surface area contributed by atoms with Gasteiger partial charge in [-0.2, -0.15) is 0 Å². The molecule has 0 unspecified atom stereocenters. The molecular formula is C20H25FN4O4S. The van der Waals surface area contributed by atoms with Crippen LogP contribution >= 0.6 is 12.2 Å². The number of methoxy groups -OCH3 is 1. The lowest BCUT2D eigenvalue weighted by Crippen LogP contribution is -2.70. The molecule has 10 heteroatoms. The zero-order valence-electron chi connectivity index (χ0n) is 17.2. The Morgan fingerprint density at radius 2 is 2.23 bits per heavy atom. The second-order valence-corrected chi connectivity index (χ2v) is 7.89. The number of amides is 1. The van der Waals surface area contributed by atoms with Crippen molar-refractivity contribution in [2.24, 2.45) is 5.92 Å². The third kappa shape index (κ3) is 4.16. The lowest BCUT2D eigenvalue weighted by molar-refractivity contribution is -0.160. The minimum absolute atomic E-state index is 0.194. The fourth-order valence-electron chi connectivity index (χ4n) is 3.93. The van der Waals surface area contributed by atoms with Crippen LogP contribution in [0.25, 0.3) is 0 Å². The Bertz CT molecular complexity index is 935. The van der Waals surface area contributed by atoms with Gasteiger partial charge in [-0.05, 0) is 39.1 Å². The number of aliphatic hydroxyl groups is 1. The van der Waals surface area contributed by atoms with Crippen molar-refractivity contribution in [2.45, 2.75) is 38.6 Å². The van der Waals surface area contributed by atoms with Gasteiger partial charge in [-0.25, -0.2) is 4.39 Å². The summed E-state index contributed by atoms with van der Waals surface area (Å²) in [5.74, 6) is -1.50. The van der Waals surface area contributed by atoms with E-state index in [2.05, 4.69) is 15.8 Å². The molecular weight excluding hydrogens is 411 g/mol. The van der Waals surface area contributed by atoms with Crippen molar-refractivity contribution in [3.05, 3.63) is 47.5 Å². The number of thiocarbonyl (C=S) groups is 1. The number of ether oxygens (including phenoxy) is 1. The van der Waals surface area contributed by atoms with Crippen LogP contribution in [-0.4, -0.2) is 51.7 Å². The molecule has 0 aliphatic carbocycles. The van der Waals surface area contributed by atoms with Crippen LogP contribution in [0.3, 0.4) is 0 Å². The van der Waals surface area contributed by atoms with Gasteiger partial charge in [0.15, 0.2) is 16.7 Å². The molecule has 0 spiro atoms. The molecule has 1 aliphatic heterocycles. The summed E-state index contributed by atoms with van der Waals surface area (Å²) in [5, 5.41) is 21.2. The number of nitrogens with zero attached hydrogens (tertiary/aromatic N) is 2. The highest BCUT2D eigenvalue weighted by Gasteiger charge is 2.54. The molecule has 30 heavy (non-hydrogen) atoms. The predicted octanol–water partition coefficient (Wildman–Crippen LogP) is 2.35. The minimum atomic E-state index is -1.75. The molecule has 162 valence electrons. The van der Waals surface area contributed by atoms with Gasteiger partial charge in [-0.15, -0.1) is 0 Å². The minimum Gasteiger partial charge on any atom is -0.383 e. The van der Waals surface area contributed by atoms with Crippen LogP contribution < -0.4 is 10.6 Å². The van der Waals surface area contributed by atoms with Crippen molar-refractivity contribution in [3.8, 4) is 0 Å². The highest BCUT2D eigenvalue weighted by Crippen LogP contribution is 2.40. The number of carbonyl (C=O) groups is 1. The van der Waals surface area contributed by atoms with E-state index in [1.54, 1.807) is 31.2 Å². The number of anilines is 1. The zero-order chi connectivity index (χ0) is 22.1. The maximum Gasteiger partial charge on any atom is 0.236 e. The normalized spacial score (nSPS) is 25.0. The molecule has 1 aromatic carbocycles. The molecule has 2 aromatic rings. The number of nitrogens with one attached hydrogen (secondary N) is 2. The second-order valence-electron chi connectivity index (χ2n) is 7.51. The van der Waals surface area contributed by atoms with Gasteiger partial charge in [-0.1, -0.05) is 23.4 Å².